The number of carbonyl (C=O) groups is 1. The van der Waals surface area contributed by atoms with Crippen LogP contribution in [0.5, 0.6) is 0 Å². The Morgan fingerprint density at radius 2 is 2.05 bits per heavy atom. The molecule has 0 bridgehead atoms. The van der Waals surface area contributed by atoms with Crippen LogP contribution in [0, 0.1) is 0 Å². The minimum atomic E-state index is -1.09. The van der Waals surface area contributed by atoms with Crippen LogP contribution in [0.4, 0.5) is 10.5 Å². The van der Waals surface area contributed by atoms with Crippen molar-refractivity contribution in [1.82, 2.24) is 4.90 Å². The van der Waals surface area contributed by atoms with Gasteiger partial charge in [0.05, 0.1) is 6.10 Å². The number of rotatable bonds is 5. The number of hydrogen-bond donors (Lipinski definition) is 2. The summed E-state index contributed by atoms with van der Waals surface area (Å²) in [6.45, 7) is 5.69. The molecule has 6 heteroatoms. The van der Waals surface area contributed by atoms with Crippen molar-refractivity contribution in [3.63, 3.8) is 0 Å². The lowest BCUT2D eigenvalue weighted by molar-refractivity contribution is 0.125. The fraction of sp³-hybridized carbons (Fsp3) is 0.500. The summed E-state index contributed by atoms with van der Waals surface area (Å²) in [4.78, 5) is 14.4. The van der Waals surface area contributed by atoms with E-state index in [0.717, 1.165) is 0 Å². The summed E-state index contributed by atoms with van der Waals surface area (Å²) in [5.41, 5.74) is 0.596. The third-order valence-electron chi connectivity index (χ3n) is 2.76. The van der Waals surface area contributed by atoms with Crippen LogP contribution in [0.15, 0.2) is 29.2 Å². The Balaban J connectivity index is 2.82. The van der Waals surface area contributed by atoms with Crippen LogP contribution in [0.25, 0.3) is 0 Å². The van der Waals surface area contributed by atoms with Crippen molar-refractivity contribution < 1.29 is 14.1 Å². The minimum absolute atomic E-state index is 0.0203. The average Bonchev–Trinajstić information content (AvgIpc) is 2.35. The molecule has 112 valence electrons. The van der Waals surface area contributed by atoms with E-state index in [1.54, 1.807) is 42.3 Å². The second kappa shape index (κ2) is 7.40. The molecule has 1 aromatic rings. The summed E-state index contributed by atoms with van der Waals surface area (Å²) in [6, 6.07) is 6.64. The number of aliphatic hydroxyl groups excluding tert-OH is 1. The first-order valence-electron chi connectivity index (χ1n) is 6.50. The molecule has 0 saturated carbocycles. The third kappa shape index (κ3) is 4.94. The molecule has 0 spiro atoms. The Kier molecular flexibility index (Phi) is 6.16. The highest BCUT2D eigenvalue weighted by Gasteiger charge is 2.18. The van der Waals surface area contributed by atoms with E-state index in [1.165, 1.54) is 0 Å². The summed E-state index contributed by atoms with van der Waals surface area (Å²) in [7, 11) is -1.09. The fourth-order valence-electron chi connectivity index (χ4n) is 1.76. The molecule has 2 atom stereocenters. The molecule has 5 nitrogen and oxygen atoms in total. The van der Waals surface area contributed by atoms with Gasteiger partial charge >= 0.3 is 6.03 Å². The van der Waals surface area contributed by atoms with Crippen molar-refractivity contribution in [3.05, 3.63) is 24.3 Å². The van der Waals surface area contributed by atoms with Gasteiger partial charge in [-0.05, 0) is 39.0 Å². The van der Waals surface area contributed by atoms with Crippen LogP contribution in [0.1, 0.15) is 20.8 Å². The maximum absolute atomic E-state index is 12.2. The smallest absolute Gasteiger partial charge is 0.322 e. The minimum Gasteiger partial charge on any atom is -0.392 e. The highest BCUT2D eigenvalue weighted by Crippen LogP contribution is 2.14. The second-order valence-corrected chi connectivity index (χ2v) is 6.39. The first-order valence-corrected chi connectivity index (χ1v) is 8.06. The van der Waals surface area contributed by atoms with Gasteiger partial charge in [0.2, 0.25) is 0 Å². The van der Waals surface area contributed by atoms with Gasteiger partial charge in [0, 0.05) is 40.2 Å². The molecular formula is C14H22N2O3S. The predicted octanol–water partition coefficient (Wildman–Crippen LogP) is 2.05. The fourth-order valence-corrected chi connectivity index (χ4v) is 2.32. The lowest BCUT2D eigenvalue weighted by atomic mass is 10.3. The number of amides is 2. The van der Waals surface area contributed by atoms with Gasteiger partial charge in [-0.15, -0.1) is 0 Å². The highest BCUT2D eigenvalue weighted by molar-refractivity contribution is 7.84. The van der Waals surface area contributed by atoms with Crippen LogP contribution in [-0.2, 0) is 10.8 Å². The topological polar surface area (TPSA) is 69.6 Å². The zero-order chi connectivity index (χ0) is 15.3. The molecule has 0 aliphatic heterocycles. The lowest BCUT2D eigenvalue weighted by Gasteiger charge is -2.28. The molecule has 2 N–H and O–H groups in total. The summed E-state index contributed by atoms with van der Waals surface area (Å²) >= 11 is 0. The van der Waals surface area contributed by atoms with Gasteiger partial charge < -0.3 is 15.3 Å². The normalized spacial score (nSPS) is 13.9. The van der Waals surface area contributed by atoms with E-state index in [4.69, 9.17) is 0 Å². The molecule has 0 heterocycles. The number of aliphatic hydroxyl groups is 1. The molecule has 2 unspecified atom stereocenters. The number of nitrogens with one attached hydrogen (secondary N) is 1. The van der Waals surface area contributed by atoms with Crippen LogP contribution in [0.2, 0.25) is 0 Å². The van der Waals surface area contributed by atoms with E-state index < -0.39 is 16.9 Å². The lowest BCUT2D eigenvalue weighted by Crippen LogP contribution is -2.43. The van der Waals surface area contributed by atoms with Crippen LogP contribution >= 0.6 is 0 Å². The zero-order valence-electron chi connectivity index (χ0n) is 12.3. The predicted molar refractivity (Wildman–Crippen MR) is 81.3 cm³/mol. The molecule has 1 rings (SSSR count). The maximum atomic E-state index is 12.2. The average molecular weight is 298 g/mol. The number of carbonyl (C=O) groups excluding carboxylic acids is 1. The van der Waals surface area contributed by atoms with Gasteiger partial charge in [-0.25, -0.2) is 4.79 Å². The quantitative estimate of drug-likeness (QED) is 0.874. The van der Waals surface area contributed by atoms with Crippen molar-refractivity contribution in [3.8, 4) is 0 Å². The molecule has 1 aromatic carbocycles. The van der Waals surface area contributed by atoms with Crippen LogP contribution in [-0.4, -0.2) is 45.2 Å². The summed E-state index contributed by atoms with van der Waals surface area (Å²) in [6.07, 6.45) is 1.01. The number of benzene rings is 1. The number of urea groups is 1. The van der Waals surface area contributed by atoms with Crippen molar-refractivity contribution in [2.24, 2.45) is 0 Å². The zero-order valence-corrected chi connectivity index (χ0v) is 13.1. The van der Waals surface area contributed by atoms with Gasteiger partial charge in [-0.1, -0.05) is 6.07 Å². The van der Waals surface area contributed by atoms with E-state index in [2.05, 4.69) is 5.32 Å². The Bertz CT molecular complexity index is 489. The van der Waals surface area contributed by atoms with Crippen LogP contribution < -0.4 is 5.32 Å². The Labute approximate surface area is 122 Å². The highest BCUT2D eigenvalue weighted by atomic mass is 32.2. The van der Waals surface area contributed by atoms with Crippen molar-refractivity contribution in [2.75, 3.05) is 18.1 Å². The molecule has 0 aliphatic rings. The van der Waals surface area contributed by atoms with Gasteiger partial charge in [-0.2, -0.15) is 0 Å². The van der Waals surface area contributed by atoms with Crippen molar-refractivity contribution >= 4 is 22.5 Å². The van der Waals surface area contributed by atoms with E-state index in [0.29, 0.717) is 10.6 Å². The van der Waals surface area contributed by atoms with E-state index in [9.17, 15) is 14.1 Å². The van der Waals surface area contributed by atoms with Crippen molar-refractivity contribution in [1.29, 1.82) is 0 Å². The molecule has 2 amide bonds. The van der Waals surface area contributed by atoms with Crippen LogP contribution in [0.3, 0.4) is 0 Å². The molecule has 0 aliphatic carbocycles. The molecular weight excluding hydrogens is 276 g/mol. The number of hydrogen-bond acceptors (Lipinski definition) is 3. The Morgan fingerprint density at radius 3 is 2.55 bits per heavy atom. The molecule has 0 saturated heterocycles. The Hall–Kier alpha value is -1.40. The van der Waals surface area contributed by atoms with Gasteiger partial charge in [-0.3, -0.25) is 4.21 Å². The number of anilines is 1. The van der Waals surface area contributed by atoms with Gasteiger partial charge in [0.1, 0.15) is 0 Å². The monoisotopic (exact) mass is 298 g/mol. The molecule has 0 aromatic heterocycles. The standard InChI is InChI=1S/C14H22N2O3S/c1-10(2)16(9-11(3)17)14(18)15-12-6-5-7-13(8-12)20(4)19/h5-8,10-11,17H,9H2,1-4H3,(H,15,18). The SMILES string of the molecule is CC(O)CN(C(=O)Nc1cccc(S(C)=O)c1)C(C)C. The van der Waals surface area contributed by atoms with Crippen molar-refractivity contribution in [2.45, 2.75) is 37.8 Å². The first kappa shape index (κ1) is 16.7. The summed E-state index contributed by atoms with van der Waals surface area (Å²) in [5.74, 6) is 0. The maximum Gasteiger partial charge on any atom is 0.322 e. The van der Waals surface area contributed by atoms with Gasteiger partial charge in [0.15, 0.2) is 0 Å². The molecule has 0 radical (unpaired) electrons. The van der Waals surface area contributed by atoms with E-state index in [-0.39, 0.29) is 18.6 Å². The Morgan fingerprint density at radius 1 is 1.40 bits per heavy atom. The summed E-state index contributed by atoms with van der Waals surface area (Å²) in [5, 5.41) is 12.2. The third-order valence-corrected chi connectivity index (χ3v) is 3.68. The largest absolute Gasteiger partial charge is 0.392 e. The van der Waals surface area contributed by atoms with E-state index >= 15 is 0 Å². The van der Waals surface area contributed by atoms with Gasteiger partial charge in [0.25, 0.3) is 0 Å². The van der Waals surface area contributed by atoms with E-state index in [1.807, 2.05) is 13.8 Å². The molecule has 20 heavy (non-hydrogen) atoms. The summed E-state index contributed by atoms with van der Waals surface area (Å²) < 4.78 is 11.4. The first-order chi connectivity index (χ1) is 9.31. The number of nitrogens with zero attached hydrogens (tertiary/aromatic N) is 1. The molecule has 0 fully saturated rings. The second-order valence-electron chi connectivity index (χ2n) is 5.01.